The number of aromatic hydroxyl groups is 2. The second-order valence-electron chi connectivity index (χ2n) is 4.80. The number of hydrogen-bond acceptors (Lipinski definition) is 3. The number of hydrogen-bond donors (Lipinski definition) is 2. The molecular weight excluding hydrogens is 238 g/mol. The van der Waals surface area contributed by atoms with E-state index in [0.29, 0.717) is 0 Å². The van der Waals surface area contributed by atoms with E-state index in [2.05, 4.69) is 24.1 Å². The van der Waals surface area contributed by atoms with Gasteiger partial charge in [-0.05, 0) is 36.7 Å². The molecular formula is C16H19NO2. The summed E-state index contributed by atoms with van der Waals surface area (Å²) in [6.45, 7) is 1.81. The molecule has 2 N–H and O–H groups in total. The molecule has 0 fully saturated rings. The maximum absolute atomic E-state index is 9.44. The van der Waals surface area contributed by atoms with E-state index in [0.717, 1.165) is 25.1 Å². The van der Waals surface area contributed by atoms with Crippen LogP contribution in [0.15, 0.2) is 48.5 Å². The molecule has 0 spiro atoms. The van der Waals surface area contributed by atoms with E-state index in [1.54, 1.807) is 6.07 Å². The van der Waals surface area contributed by atoms with Crippen molar-refractivity contribution in [2.75, 3.05) is 13.6 Å². The molecule has 0 unspecified atom stereocenters. The molecule has 0 heterocycles. The first-order valence-electron chi connectivity index (χ1n) is 6.38. The van der Waals surface area contributed by atoms with Crippen molar-refractivity contribution < 1.29 is 10.2 Å². The highest BCUT2D eigenvalue weighted by Crippen LogP contribution is 2.25. The summed E-state index contributed by atoms with van der Waals surface area (Å²) in [6, 6.07) is 15.3. The van der Waals surface area contributed by atoms with Crippen molar-refractivity contribution in [3.8, 4) is 11.5 Å². The summed E-state index contributed by atoms with van der Waals surface area (Å²) < 4.78 is 0. The fourth-order valence-corrected chi connectivity index (χ4v) is 2.02. The third-order valence-corrected chi connectivity index (χ3v) is 3.12. The number of phenols is 2. The van der Waals surface area contributed by atoms with Crippen molar-refractivity contribution in [1.82, 2.24) is 4.90 Å². The summed E-state index contributed by atoms with van der Waals surface area (Å²) in [5.74, 6) is -0.121. The van der Waals surface area contributed by atoms with Crippen molar-refractivity contribution in [3.63, 3.8) is 0 Å². The highest BCUT2D eigenvalue weighted by atomic mass is 16.3. The molecule has 19 heavy (non-hydrogen) atoms. The Hall–Kier alpha value is -2.00. The van der Waals surface area contributed by atoms with Crippen LogP contribution in [0.4, 0.5) is 0 Å². The van der Waals surface area contributed by atoms with Crippen LogP contribution in [0.5, 0.6) is 11.5 Å². The molecule has 0 bridgehead atoms. The van der Waals surface area contributed by atoms with Gasteiger partial charge >= 0.3 is 0 Å². The second-order valence-corrected chi connectivity index (χ2v) is 4.80. The monoisotopic (exact) mass is 257 g/mol. The summed E-state index contributed by atoms with van der Waals surface area (Å²) in [7, 11) is 2.08. The molecule has 0 saturated carbocycles. The van der Waals surface area contributed by atoms with Gasteiger partial charge in [-0.25, -0.2) is 0 Å². The lowest BCUT2D eigenvalue weighted by molar-refractivity contribution is 0.331. The summed E-state index contributed by atoms with van der Waals surface area (Å²) in [5.41, 5.74) is 2.31. The number of rotatable bonds is 5. The van der Waals surface area contributed by atoms with Crippen LogP contribution in [0, 0.1) is 0 Å². The highest BCUT2D eigenvalue weighted by Gasteiger charge is 2.03. The molecule has 0 aliphatic heterocycles. The van der Waals surface area contributed by atoms with Crippen molar-refractivity contribution in [1.29, 1.82) is 0 Å². The van der Waals surface area contributed by atoms with E-state index in [4.69, 9.17) is 0 Å². The molecule has 100 valence electrons. The Balaban J connectivity index is 1.86. The lowest BCUT2D eigenvalue weighted by atomic mass is 10.1. The zero-order valence-corrected chi connectivity index (χ0v) is 11.1. The minimum Gasteiger partial charge on any atom is -0.504 e. The van der Waals surface area contributed by atoms with Crippen LogP contribution in [0.3, 0.4) is 0 Å². The van der Waals surface area contributed by atoms with E-state index in [-0.39, 0.29) is 11.5 Å². The van der Waals surface area contributed by atoms with Gasteiger partial charge in [0, 0.05) is 13.1 Å². The van der Waals surface area contributed by atoms with Crippen LogP contribution in [-0.2, 0) is 13.0 Å². The summed E-state index contributed by atoms with van der Waals surface area (Å²) >= 11 is 0. The molecule has 3 heteroatoms. The fourth-order valence-electron chi connectivity index (χ4n) is 2.02. The van der Waals surface area contributed by atoms with E-state index < -0.39 is 0 Å². The maximum Gasteiger partial charge on any atom is 0.157 e. The minimum absolute atomic E-state index is 0.0526. The standard InChI is InChI=1S/C16H19NO2/c1-17(12-14-5-3-2-4-6-14)10-9-13-7-8-15(18)16(19)11-13/h2-8,11,18-19H,9-10,12H2,1H3. The topological polar surface area (TPSA) is 43.7 Å². The third-order valence-electron chi connectivity index (χ3n) is 3.12. The van der Waals surface area contributed by atoms with E-state index in [9.17, 15) is 10.2 Å². The predicted molar refractivity (Wildman–Crippen MR) is 76.3 cm³/mol. The van der Waals surface area contributed by atoms with E-state index in [1.807, 2.05) is 24.3 Å². The van der Waals surface area contributed by atoms with Gasteiger partial charge in [0.05, 0.1) is 0 Å². The van der Waals surface area contributed by atoms with Crippen LogP contribution in [0.2, 0.25) is 0 Å². The Morgan fingerprint density at radius 1 is 0.895 bits per heavy atom. The smallest absolute Gasteiger partial charge is 0.157 e. The van der Waals surface area contributed by atoms with Gasteiger partial charge in [0.25, 0.3) is 0 Å². The molecule has 2 rings (SSSR count). The Labute approximate surface area is 113 Å². The fraction of sp³-hybridized carbons (Fsp3) is 0.250. The average molecular weight is 257 g/mol. The molecule has 2 aromatic carbocycles. The number of nitrogens with zero attached hydrogens (tertiary/aromatic N) is 1. The van der Waals surface area contributed by atoms with Crippen molar-refractivity contribution in [3.05, 3.63) is 59.7 Å². The maximum atomic E-state index is 9.44. The normalized spacial score (nSPS) is 10.8. The summed E-state index contributed by atoms with van der Waals surface area (Å²) in [5, 5.41) is 18.7. The zero-order chi connectivity index (χ0) is 13.7. The SMILES string of the molecule is CN(CCc1ccc(O)c(O)c1)Cc1ccccc1. The average Bonchev–Trinajstić information content (AvgIpc) is 2.41. The summed E-state index contributed by atoms with van der Waals surface area (Å²) in [6.07, 6.45) is 0.844. The van der Waals surface area contributed by atoms with Crippen LogP contribution < -0.4 is 0 Å². The first-order chi connectivity index (χ1) is 9.15. The van der Waals surface area contributed by atoms with Crippen LogP contribution in [0.25, 0.3) is 0 Å². The molecule has 2 aromatic rings. The predicted octanol–water partition coefficient (Wildman–Crippen LogP) is 2.77. The van der Waals surface area contributed by atoms with Crippen LogP contribution >= 0.6 is 0 Å². The highest BCUT2D eigenvalue weighted by molar-refractivity contribution is 5.40. The number of benzene rings is 2. The van der Waals surface area contributed by atoms with Crippen molar-refractivity contribution in [2.24, 2.45) is 0 Å². The van der Waals surface area contributed by atoms with Gasteiger partial charge in [-0.1, -0.05) is 36.4 Å². The molecule has 0 radical (unpaired) electrons. The first kappa shape index (κ1) is 13.4. The van der Waals surface area contributed by atoms with Gasteiger partial charge in [0.15, 0.2) is 11.5 Å². The van der Waals surface area contributed by atoms with Gasteiger partial charge in [-0.2, -0.15) is 0 Å². The zero-order valence-electron chi connectivity index (χ0n) is 11.1. The summed E-state index contributed by atoms with van der Waals surface area (Å²) in [4.78, 5) is 2.24. The van der Waals surface area contributed by atoms with Crippen molar-refractivity contribution in [2.45, 2.75) is 13.0 Å². The number of phenolic OH excluding ortho intramolecular Hbond substituents is 2. The molecule has 3 nitrogen and oxygen atoms in total. The largest absolute Gasteiger partial charge is 0.504 e. The lowest BCUT2D eigenvalue weighted by Crippen LogP contribution is -2.20. The number of likely N-dealkylation sites (N-methyl/N-ethyl adjacent to an activating group) is 1. The second kappa shape index (κ2) is 6.25. The Kier molecular flexibility index (Phi) is 4.42. The molecule has 0 aromatic heterocycles. The third kappa shape index (κ3) is 4.00. The van der Waals surface area contributed by atoms with Gasteiger partial charge in [0.1, 0.15) is 0 Å². The van der Waals surface area contributed by atoms with Crippen LogP contribution in [-0.4, -0.2) is 28.7 Å². The van der Waals surface area contributed by atoms with Crippen LogP contribution in [0.1, 0.15) is 11.1 Å². The van der Waals surface area contributed by atoms with Crippen molar-refractivity contribution >= 4 is 0 Å². The molecule has 0 aliphatic rings. The Morgan fingerprint density at radius 3 is 2.32 bits per heavy atom. The Bertz CT molecular complexity index is 526. The van der Waals surface area contributed by atoms with E-state index >= 15 is 0 Å². The van der Waals surface area contributed by atoms with Gasteiger partial charge in [0.2, 0.25) is 0 Å². The molecule has 0 atom stereocenters. The van der Waals surface area contributed by atoms with E-state index in [1.165, 1.54) is 11.6 Å². The first-order valence-corrected chi connectivity index (χ1v) is 6.38. The van der Waals surface area contributed by atoms with Gasteiger partial charge in [-0.15, -0.1) is 0 Å². The molecule has 0 aliphatic carbocycles. The minimum atomic E-state index is -0.0682. The Morgan fingerprint density at radius 2 is 1.63 bits per heavy atom. The quantitative estimate of drug-likeness (QED) is 0.809. The molecule has 0 amide bonds. The molecule has 0 saturated heterocycles. The van der Waals surface area contributed by atoms with Gasteiger partial charge < -0.3 is 15.1 Å². The lowest BCUT2D eigenvalue weighted by Gasteiger charge is -2.16. The van der Waals surface area contributed by atoms with Gasteiger partial charge in [-0.3, -0.25) is 0 Å².